The number of hydrogen-bond donors (Lipinski definition) is 2. The van der Waals surface area contributed by atoms with Crippen LogP contribution >= 0.6 is 11.6 Å². The molecule has 2 amide bonds. The van der Waals surface area contributed by atoms with Crippen LogP contribution < -0.4 is 15.8 Å². The number of carbonyl (C=O) groups is 2. The normalized spacial score (nSPS) is 10.4. The van der Waals surface area contributed by atoms with E-state index in [0.717, 1.165) is 5.56 Å². The van der Waals surface area contributed by atoms with Crippen LogP contribution in [0.25, 0.3) is 11.3 Å². The first-order chi connectivity index (χ1) is 13.0. The topological polar surface area (TPSA) is 94.6 Å². The number of nitrogens with two attached hydrogens (primary N) is 1. The molecule has 0 saturated heterocycles. The van der Waals surface area contributed by atoms with Gasteiger partial charge in [0.05, 0.1) is 6.54 Å². The van der Waals surface area contributed by atoms with Crippen LogP contribution in [0, 0.1) is 0 Å². The minimum Gasteiger partial charge on any atom is -0.484 e. The minimum atomic E-state index is -0.518. The first-order valence-electron chi connectivity index (χ1n) is 8.15. The Hall–Kier alpha value is -3.25. The Morgan fingerprint density at radius 1 is 1.00 bits per heavy atom. The molecule has 0 bridgehead atoms. The lowest BCUT2D eigenvalue weighted by Crippen LogP contribution is -2.28. The Balaban J connectivity index is 1.48. The summed E-state index contributed by atoms with van der Waals surface area (Å²) < 4.78 is 11.1. The Morgan fingerprint density at radius 3 is 2.37 bits per heavy atom. The number of carbonyl (C=O) groups excluding carboxylic acids is 2. The molecule has 0 aliphatic heterocycles. The van der Waals surface area contributed by atoms with Gasteiger partial charge in [-0.2, -0.15) is 0 Å². The van der Waals surface area contributed by atoms with Crippen molar-refractivity contribution in [2.24, 2.45) is 5.73 Å². The first-order valence-corrected chi connectivity index (χ1v) is 8.53. The third-order valence-electron chi connectivity index (χ3n) is 3.76. The number of furan rings is 1. The van der Waals surface area contributed by atoms with Crippen molar-refractivity contribution in [2.45, 2.75) is 6.54 Å². The summed E-state index contributed by atoms with van der Waals surface area (Å²) in [7, 11) is 0. The molecule has 3 N–H and O–H groups in total. The van der Waals surface area contributed by atoms with E-state index < -0.39 is 5.91 Å². The van der Waals surface area contributed by atoms with E-state index in [4.69, 9.17) is 26.5 Å². The highest BCUT2D eigenvalue weighted by Gasteiger charge is 2.08. The molecular formula is C20H17ClN2O4. The number of nitrogens with one attached hydrogen (secondary N) is 1. The Bertz CT molecular complexity index is 933. The average Bonchev–Trinajstić information content (AvgIpc) is 3.14. The Labute approximate surface area is 160 Å². The molecule has 3 aromatic rings. The number of rotatable bonds is 7. The van der Waals surface area contributed by atoms with Crippen LogP contribution in [0.4, 0.5) is 0 Å². The molecule has 1 aromatic heterocycles. The van der Waals surface area contributed by atoms with Crippen molar-refractivity contribution < 1.29 is 18.7 Å². The molecular weight excluding hydrogens is 368 g/mol. The van der Waals surface area contributed by atoms with Crippen LogP contribution in [-0.2, 0) is 11.3 Å². The van der Waals surface area contributed by atoms with E-state index in [0.29, 0.717) is 27.9 Å². The average molecular weight is 385 g/mol. The molecule has 6 nitrogen and oxygen atoms in total. The summed E-state index contributed by atoms with van der Waals surface area (Å²) in [6, 6.07) is 17.2. The number of primary amides is 1. The molecule has 27 heavy (non-hydrogen) atoms. The lowest BCUT2D eigenvalue weighted by molar-refractivity contribution is -0.123. The zero-order valence-corrected chi connectivity index (χ0v) is 15.0. The summed E-state index contributed by atoms with van der Waals surface area (Å²) >= 11 is 5.87. The van der Waals surface area contributed by atoms with E-state index in [2.05, 4.69) is 5.32 Å². The van der Waals surface area contributed by atoms with Gasteiger partial charge in [0.1, 0.15) is 17.3 Å². The van der Waals surface area contributed by atoms with Crippen LogP contribution in [0.5, 0.6) is 5.75 Å². The summed E-state index contributed by atoms with van der Waals surface area (Å²) in [6.07, 6.45) is 0. The molecule has 3 rings (SSSR count). The van der Waals surface area contributed by atoms with Crippen molar-refractivity contribution in [3.8, 4) is 17.1 Å². The largest absolute Gasteiger partial charge is 0.484 e. The van der Waals surface area contributed by atoms with Gasteiger partial charge in [-0.3, -0.25) is 9.59 Å². The molecule has 7 heteroatoms. The lowest BCUT2D eigenvalue weighted by atomic mass is 10.2. The molecule has 0 saturated carbocycles. The third kappa shape index (κ3) is 5.12. The van der Waals surface area contributed by atoms with Crippen LogP contribution in [0.3, 0.4) is 0 Å². The maximum atomic E-state index is 11.9. The molecule has 0 spiro atoms. The SMILES string of the molecule is NC(=O)c1ccc(OCC(=O)NCc2ccc(-c3ccc(Cl)cc3)o2)cc1. The molecule has 0 radical (unpaired) electrons. The molecule has 0 aliphatic rings. The van der Waals surface area contributed by atoms with E-state index >= 15 is 0 Å². The highest BCUT2D eigenvalue weighted by atomic mass is 35.5. The molecule has 0 aliphatic carbocycles. The third-order valence-corrected chi connectivity index (χ3v) is 4.01. The zero-order chi connectivity index (χ0) is 19.2. The van der Waals surface area contributed by atoms with E-state index in [1.165, 1.54) is 12.1 Å². The van der Waals surface area contributed by atoms with Crippen molar-refractivity contribution >= 4 is 23.4 Å². The Morgan fingerprint density at radius 2 is 1.70 bits per heavy atom. The molecule has 0 atom stereocenters. The van der Waals surface area contributed by atoms with Crippen LogP contribution in [0.15, 0.2) is 65.1 Å². The monoisotopic (exact) mass is 384 g/mol. The van der Waals surface area contributed by atoms with Gasteiger partial charge in [-0.15, -0.1) is 0 Å². The molecule has 2 aromatic carbocycles. The number of benzene rings is 2. The van der Waals surface area contributed by atoms with Gasteiger partial charge in [0.15, 0.2) is 6.61 Å². The van der Waals surface area contributed by atoms with Crippen LogP contribution in [-0.4, -0.2) is 18.4 Å². The number of halogens is 1. The zero-order valence-electron chi connectivity index (χ0n) is 14.3. The van der Waals surface area contributed by atoms with E-state index in [9.17, 15) is 9.59 Å². The standard InChI is InChI=1S/C20H17ClN2O4/c21-15-5-1-13(2-6-15)18-10-9-17(27-18)11-23-19(24)12-26-16-7-3-14(4-8-16)20(22)25/h1-10H,11-12H2,(H2,22,25)(H,23,24). The van der Waals surface area contributed by atoms with Crippen molar-refractivity contribution in [1.29, 1.82) is 0 Å². The summed E-state index contributed by atoms with van der Waals surface area (Å²) in [5, 5.41) is 3.37. The van der Waals surface area contributed by atoms with E-state index in [1.54, 1.807) is 30.3 Å². The van der Waals surface area contributed by atoms with Crippen molar-refractivity contribution in [3.05, 3.63) is 77.0 Å². The first kappa shape index (κ1) is 18.5. The van der Waals surface area contributed by atoms with Gasteiger partial charge in [0.2, 0.25) is 5.91 Å². The molecule has 1 heterocycles. The molecule has 0 fully saturated rings. The predicted octanol–water partition coefficient (Wildman–Crippen LogP) is 3.39. The van der Waals surface area contributed by atoms with Crippen LogP contribution in [0.1, 0.15) is 16.1 Å². The Kier molecular flexibility index (Phi) is 5.78. The fourth-order valence-corrected chi connectivity index (χ4v) is 2.47. The van der Waals surface area contributed by atoms with Gasteiger partial charge in [-0.1, -0.05) is 11.6 Å². The smallest absolute Gasteiger partial charge is 0.258 e. The lowest BCUT2D eigenvalue weighted by Gasteiger charge is -2.07. The minimum absolute atomic E-state index is 0.152. The number of amides is 2. The van der Waals surface area contributed by atoms with Gasteiger partial charge in [-0.25, -0.2) is 0 Å². The number of hydrogen-bond acceptors (Lipinski definition) is 4. The fourth-order valence-electron chi connectivity index (χ4n) is 2.34. The maximum absolute atomic E-state index is 11.9. The van der Waals surface area contributed by atoms with Crippen molar-refractivity contribution in [3.63, 3.8) is 0 Å². The number of ether oxygens (including phenoxy) is 1. The summed E-state index contributed by atoms with van der Waals surface area (Å²) in [5.74, 6) is 0.980. The second kappa shape index (κ2) is 8.42. The molecule has 0 unspecified atom stereocenters. The quantitative estimate of drug-likeness (QED) is 0.652. The molecule has 138 valence electrons. The summed E-state index contributed by atoms with van der Waals surface area (Å²) in [5.41, 5.74) is 6.45. The second-order valence-electron chi connectivity index (χ2n) is 5.73. The predicted molar refractivity (Wildman–Crippen MR) is 101 cm³/mol. The van der Waals surface area contributed by atoms with Crippen molar-refractivity contribution in [2.75, 3.05) is 6.61 Å². The van der Waals surface area contributed by atoms with Crippen molar-refractivity contribution in [1.82, 2.24) is 5.32 Å². The second-order valence-corrected chi connectivity index (χ2v) is 6.16. The van der Waals surface area contributed by atoms with Gasteiger partial charge < -0.3 is 20.2 Å². The summed E-state index contributed by atoms with van der Waals surface area (Å²) in [4.78, 5) is 22.9. The van der Waals surface area contributed by atoms with Gasteiger partial charge in [-0.05, 0) is 60.7 Å². The maximum Gasteiger partial charge on any atom is 0.258 e. The highest BCUT2D eigenvalue weighted by molar-refractivity contribution is 6.30. The highest BCUT2D eigenvalue weighted by Crippen LogP contribution is 2.23. The van der Waals surface area contributed by atoms with Gasteiger partial charge in [0, 0.05) is 16.1 Å². The van der Waals surface area contributed by atoms with E-state index in [-0.39, 0.29) is 19.1 Å². The van der Waals surface area contributed by atoms with Gasteiger partial charge >= 0.3 is 0 Å². The van der Waals surface area contributed by atoms with E-state index in [1.807, 2.05) is 18.2 Å². The summed E-state index contributed by atoms with van der Waals surface area (Å²) in [6.45, 7) is 0.0943. The van der Waals surface area contributed by atoms with Crippen LogP contribution in [0.2, 0.25) is 5.02 Å². The van der Waals surface area contributed by atoms with Gasteiger partial charge in [0.25, 0.3) is 5.91 Å². The fraction of sp³-hybridized carbons (Fsp3) is 0.100.